The minimum absolute atomic E-state index is 0.00300. The molecule has 1 fully saturated rings. The van der Waals surface area contributed by atoms with Gasteiger partial charge in [0.15, 0.2) is 0 Å². The Bertz CT molecular complexity index is 4250. The van der Waals surface area contributed by atoms with Crippen molar-refractivity contribution in [3.8, 4) is 0 Å². The summed E-state index contributed by atoms with van der Waals surface area (Å²) < 4.78 is 0. The number of imide groups is 1. The number of carboxylic acid groups (broad SMARTS) is 6. The fraction of sp³-hybridized carbons (Fsp3) is 0.600. The van der Waals surface area contributed by atoms with Crippen molar-refractivity contribution < 1.29 is 152 Å². The maximum Gasteiger partial charge on any atom is 0.327 e. The summed E-state index contributed by atoms with van der Waals surface area (Å²) >= 11 is 0.644. The van der Waals surface area contributed by atoms with Crippen LogP contribution in [-0.2, 0) is 109 Å². The molecule has 1 unspecified atom stereocenters. The van der Waals surface area contributed by atoms with E-state index in [9.17, 15) is 147 Å². The van der Waals surface area contributed by atoms with Crippen molar-refractivity contribution in [2.45, 2.75) is 260 Å². The van der Waals surface area contributed by atoms with Crippen molar-refractivity contribution in [3.63, 3.8) is 0 Å². The number of nitrogens with zero attached hydrogens (tertiary/aromatic N) is 4. The van der Waals surface area contributed by atoms with Crippen LogP contribution in [0.1, 0.15) is 205 Å². The van der Waals surface area contributed by atoms with E-state index >= 15 is 0 Å². The third-order valence-electron chi connectivity index (χ3n) is 20.6. The van der Waals surface area contributed by atoms with E-state index in [1.54, 1.807) is 60.7 Å². The SMILES string of the molecule is CC(=O)N(O)CCCCCNC(=O)CCC(=O)N(O)CCCCCNC(=O)CCC(=O)N(O)CCCCCNC(=O)CCN1C(=O)CC(SC[C@H](NC(=O)[C@H](CC(=O)O)NC(=O)[C@H](C)NC(=O)[C@H](CC(=O)O)NC(=O)[C@H](Cc2ccccc2)NC(=O)[C@H](Cc2ccccc2)NC(=O)CCCCCCCNC(=O)NCCCC[C@H](NC(=O)N[C@@H](CCC(=O)O)C(=O)O)C(=O)O)C(=O)O)C1=O. The molecule has 1 heterocycles. The molecule has 3 rings (SSSR count). The van der Waals surface area contributed by atoms with E-state index in [2.05, 4.69) is 63.8 Å². The van der Waals surface area contributed by atoms with E-state index in [1.807, 2.05) is 5.32 Å². The van der Waals surface area contributed by atoms with Crippen LogP contribution in [0, 0.1) is 0 Å². The average molecular weight is 1920 g/mol. The zero-order valence-corrected chi connectivity index (χ0v) is 75.8. The maximum absolute atomic E-state index is 14.4. The summed E-state index contributed by atoms with van der Waals surface area (Å²) in [6, 6.07) is 1.51. The van der Waals surface area contributed by atoms with E-state index in [0.29, 0.717) is 141 Å². The molecule has 1 saturated heterocycles. The van der Waals surface area contributed by atoms with Crippen LogP contribution in [0.4, 0.5) is 9.59 Å². The molecule has 744 valence electrons. The number of thioether (sulfide) groups is 1. The third kappa shape index (κ3) is 49.9. The first-order valence-corrected chi connectivity index (χ1v) is 45.2. The molecule has 48 nitrogen and oxygen atoms in total. The van der Waals surface area contributed by atoms with Crippen LogP contribution >= 0.6 is 11.8 Å². The highest BCUT2D eigenvalue weighted by Gasteiger charge is 2.41. The molecule has 2 aromatic rings. The van der Waals surface area contributed by atoms with E-state index < -0.39 is 216 Å². The molecule has 49 heteroatoms. The summed E-state index contributed by atoms with van der Waals surface area (Å²) in [5, 5.41) is 119. The van der Waals surface area contributed by atoms with Crippen molar-refractivity contribution in [2.24, 2.45) is 0 Å². The first-order chi connectivity index (χ1) is 63.6. The number of amides is 18. The van der Waals surface area contributed by atoms with Gasteiger partial charge in [-0.1, -0.05) is 79.9 Å². The number of carbonyl (C=O) groups is 22. The van der Waals surface area contributed by atoms with Crippen LogP contribution in [-0.4, -0.2) is 315 Å². The molecule has 0 saturated carbocycles. The van der Waals surface area contributed by atoms with Crippen LogP contribution in [0.2, 0.25) is 0 Å². The summed E-state index contributed by atoms with van der Waals surface area (Å²) in [5.41, 5.74) is 1.08. The molecule has 0 aliphatic carbocycles. The molecule has 0 bridgehead atoms. The number of carboxylic acids is 6. The predicted molar refractivity (Wildman–Crippen MR) is 471 cm³/mol. The largest absolute Gasteiger partial charge is 0.481 e. The standard InChI is InChI=1S/C85H127N17O31S/c1-53(91-76(118)61(49-73(113)114)95-78(120)60(48-56-27-13-7-14-28-56)94-77(119)59(47-55-25-11-6-12-26-55)92-68(107)30-15-4-3-5-17-41-89-84(129)90-42-21-16-29-57(81(123)124)97-85(130)98-58(82(125)126)31-36-72(111)112)75(117)93-62(50-74(115)116)79(121)96-63(83(127)128)52-134-64-51-71(110)99(80(64)122)46-37-67(106)88-40-20-10-24-45-102(133)70(109)35-33-66(105)87-39-19-9-23-44-101(132)69(108)34-32-65(104)86-38-18-8-22-43-100(131)54(2)103/h6-7,11-14,25-28,53,57-64,131-133H,3-5,8-10,15-24,29-52H2,1-2H3,(H,86,104)(H,87,105)(H,88,106)(H,91,118)(H,92,107)(H,93,117)(H,94,119)(H,95,120)(H,96,121)(H,111,112)(H,113,114)(H,115,116)(H,123,124)(H,125,126)(H,127,128)(H2,89,90,129)(H2,97,98,130)/t53-,57-,58-,59-,60-,61-,62-,63-,64?/m0/s1. The van der Waals surface area contributed by atoms with Crippen LogP contribution in [0.15, 0.2) is 60.7 Å². The number of benzene rings is 2. The fourth-order valence-electron chi connectivity index (χ4n) is 13.0. The molecule has 0 spiro atoms. The highest BCUT2D eigenvalue weighted by molar-refractivity contribution is 8.00. The molecule has 9 atom stereocenters. The minimum Gasteiger partial charge on any atom is -0.481 e. The Kier molecular flexibility index (Phi) is 55.4. The zero-order valence-electron chi connectivity index (χ0n) is 75.0. The van der Waals surface area contributed by atoms with Gasteiger partial charge in [0.2, 0.25) is 82.7 Å². The smallest absolute Gasteiger partial charge is 0.327 e. The lowest BCUT2D eigenvalue weighted by Crippen LogP contribution is -2.60. The molecular weight excluding hydrogens is 1790 g/mol. The molecular formula is C85H127N17O31S. The Labute approximate surface area is 776 Å². The van der Waals surface area contributed by atoms with Gasteiger partial charge in [-0.3, -0.25) is 102 Å². The van der Waals surface area contributed by atoms with Crippen molar-refractivity contribution in [2.75, 3.05) is 64.7 Å². The van der Waals surface area contributed by atoms with Crippen LogP contribution in [0.3, 0.4) is 0 Å². The molecule has 22 N–H and O–H groups in total. The lowest BCUT2D eigenvalue weighted by Gasteiger charge is -2.26. The van der Waals surface area contributed by atoms with Crippen molar-refractivity contribution in [3.05, 3.63) is 71.8 Å². The number of unbranched alkanes of at least 4 members (excludes halogenated alkanes) is 11. The first-order valence-electron chi connectivity index (χ1n) is 44.2. The summed E-state index contributed by atoms with van der Waals surface area (Å²) in [7, 11) is 0. The third-order valence-corrected chi connectivity index (χ3v) is 21.9. The Morgan fingerprint density at radius 3 is 1.22 bits per heavy atom. The van der Waals surface area contributed by atoms with Gasteiger partial charge in [0, 0.05) is 136 Å². The Morgan fingerprint density at radius 1 is 0.373 bits per heavy atom. The predicted octanol–water partition coefficient (Wildman–Crippen LogP) is -0.341. The van der Waals surface area contributed by atoms with E-state index in [4.69, 9.17) is 5.11 Å². The number of hydrogen-bond donors (Lipinski definition) is 22. The van der Waals surface area contributed by atoms with Gasteiger partial charge in [0.25, 0.3) is 0 Å². The highest BCUT2D eigenvalue weighted by Crippen LogP contribution is 2.27. The summed E-state index contributed by atoms with van der Waals surface area (Å²) in [6.45, 7) is 3.17. The second kappa shape index (κ2) is 64.6. The molecule has 0 aromatic heterocycles. The summed E-state index contributed by atoms with van der Waals surface area (Å²) in [6.07, 6.45) is 2.36. The van der Waals surface area contributed by atoms with Crippen molar-refractivity contribution in [1.82, 2.24) is 89.2 Å². The van der Waals surface area contributed by atoms with Gasteiger partial charge in [-0.2, -0.15) is 0 Å². The van der Waals surface area contributed by atoms with Crippen LogP contribution in [0.5, 0.6) is 0 Å². The number of rotatable bonds is 70. The number of hydrogen-bond acceptors (Lipinski definition) is 26. The number of aliphatic carboxylic acids is 6. The average Bonchev–Trinajstić information content (AvgIpc) is 1.54. The van der Waals surface area contributed by atoms with E-state index in [0.717, 1.165) is 11.8 Å². The van der Waals surface area contributed by atoms with Gasteiger partial charge in [-0.05, 0) is 114 Å². The van der Waals surface area contributed by atoms with Crippen molar-refractivity contribution >= 4 is 142 Å². The molecule has 2 aromatic carbocycles. The molecule has 1 aliphatic heterocycles. The monoisotopic (exact) mass is 1910 g/mol. The van der Waals surface area contributed by atoms with E-state index in [-0.39, 0.29) is 122 Å². The Morgan fingerprint density at radius 2 is 0.761 bits per heavy atom. The van der Waals surface area contributed by atoms with Gasteiger partial charge in [0.1, 0.15) is 48.3 Å². The Balaban J connectivity index is 1.44. The lowest BCUT2D eigenvalue weighted by atomic mass is 10.0. The van der Waals surface area contributed by atoms with Gasteiger partial charge >= 0.3 is 47.9 Å². The van der Waals surface area contributed by atoms with Crippen LogP contribution in [0.25, 0.3) is 0 Å². The number of likely N-dealkylation sites (tertiary alicyclic amines) is 1. The molecule has 0 radical (unpaired) electrons. The minimum atomic E-state index is -2.05. The van der Waals surface area contributed by atoms with E-state index in [1.165, 1.54) is 6.92 Å². The normalized spacial score (nSPS) is 13.9. The molecule has 1 aliphatic rings. The zero-order chi connectivity index (χ0) is 99.6. The number of urea groups is 2. The summed E-state index contributed by atoms with van der Waals surface area (Å²) in [5.74, 6) is -20.9. The van der Waals surface area contributed by atoms with Gasteiger partial charge in [0.05, 0.1) is 18.1 Å². The number of nitrogens with one attached hydrogen (secondary N) is 13. The topological polar surface area (TPSA) is 727 Å². The van der Waals surface area contributed by atoms with Gasteiger partial charge in [-0.25, -0.2) is 39.2 Å². The summed E-state index contributed by atoms with van der Waals surface area (Å²) in [4.78, 5) is 279. The second-order valence-electron chi connectivity index (χ2n) is 31.6. The number of carbonyl (C=O) groups excluding carboxylic acids is 16. The van der Waals surface area contributed by atoms with Gasteiger partial charge < -0.3 is 99.8 Å². The van der Waals surface area contributed by atoms with Crippen molar-refractivity contribution in [1.29, 1.82) is 0 Å². The molecule has 134 heavy (non-hydrogen) atoms. The highest BCUT2D eigenvalue weighted by atomic mass is 32.2. The number of hydroxylamine groups is 6. The molecule has 18 amide bonds. The van der Waals surface area contributed by atoms with Gasteiger partial charge in [-0.15, -0.1) is 11.8 Å². The fourth-order valence-corrected chi connectivity index (χ4v) is 14.2. The second-order valence-corrected chi connectivity index (χ2v) is 32.8. The Hall–Kier alpha value is -13.2. The van der Waals surface area contributed by atoms with Crippen LogP contribution < -0.4 is 69.1 Å². The first kappa shape index (κ1) is 115. The quantitative estimate of drug-likeness (QED) is 0.0174. The maximum atomic E-state index is 14.4. The lowest BCUT2D eigenvalue weighted by molar-refractivity contribution is -0.166.